The second-order valence-electron chi connectivity index (χ2n) is 13.9. The summed E-state index contributed by atoms with van der Waals surface area (Å²) in [4.78, 5) is 50.5. The monoisotopic (exact) mass is 622 g/mol. The van der Waals surface area contributed by atoms with Gasteiger partial charge in [0.15, 0.2) is 0 Å². The van der Waals surface area contributed by atoms with E-state index in [2.05, 4.69) is 23.8 Å². The van der Waals surface area contributed by atoms with Crippen molar-refractivity contribution in [1.29, 1.82) is 0 Å². The van der Waals surface area contributed by atoms with Crippen LogP contribution in [0.15, 0.2) is 47.6 Å². The molecular weight excluding hydrogens is 576 g/mol. The number of hydrogen-bond acceptors (Lipinski definition) is 8. The van der Waals surface area contributed by atoms with Crippen LogP contribution in [0.4, 0.5) is 0 Å². The Balaban J connectivity index is 0.916. The van der Waals surface area contributed by atoms with Gasteiger partial charge >= 0.3 is 11.9 Å². The van der Waals surface area contributed by atoms with E-state index in [-0.39, 0.29) is 71.2 Å². The Morgan fingerprint density at radius 2 is 1.18 bits per heavy atom. The van der Waals surface area contributed by atoms with Gasteiger partial charge in [0.2, 0.25) is 11.8 Å². The first-order valence-electron chi connectivity index (χ1n) is 16.6. The Hall–Kier alpha value is -3.24. The summed E-state index contributed by atoms with van der Waals surface area (Å²) < 4.78 is 23.1. The third kappa shape index (κ3) is 6.54. The van der Waals surface area contributed by atoms with Gasteiger partial charge < -0.3 is 29.6 Å². The highest BCUT2D eigenvalue weighted by molar-refractivity contribution is 5.94. The summed E-state index contributed by atoms with van der Waals surface area (Å²) >= 11 is 0. The van der Waals surface area contributed by atoms with Gasteiger partial charge in [-0.25, -0.2) is 9.59 Å². The number of esters is 2. The van der Waals surface area contributed by atoms with Crippen LogP contribution in [0.1, 0.15) is 84.5 Å². The van der Waals surface area contributed by atoms with Crippen molar-refractivity contribution < 1.29 is 38.1 Å². The van der Waals surface area contributed by atoms with E-state index in [9.17, 15) is 19.2 Å². The Morgan fingerprint density at radius 3 is 1.60 bits per heavy atom. The van der Waals surface area contributed by atoms with Crippen LogP contribution >= 0.6 is 0 Å². The maximum atomic E-state index is 13.0. The summed E-state index contributed by atoms with van der Waals surface area (Å²) in [7, 11) is 0. The molecule has 4 aliphatic heterocycles. The quantitative estimate of drug-likeness (QED) is 0.180. The SMILES string of the molecule is C=C1C(=O)O[C@H]2[C@H]1CC/C(C(=O)NCCCCCNC(=O)/C1=C/CC[C@@]3(C)O[C@H]3[C@H]3OC(=O)C(=C)[C@@H]3CC1)=C\CC[C@@]1(C)O[C@@H]21. The van der Waals surface area contributed by atoms with E-state index in [1.165, 1.54) is 0 Å². The van der Waals surface area contributed by atoms with Crippen molar-refractivity contribution in [3.8, 4) is 0 Å². The minimum Gasteiger partial charge on any atom is -0.455 e. The van der Waals surface area contributed by atoms with Crippen LogP contribution < -0.4 is 10.6 Å². The van der Waals surface area contributed by atoms with E-state index in [1.807, 2.05) is 26.0 Å². The molecule has 0 unspecified atom stereocenters. The van der Waals surface area contributed by atoms with Crippen molar-refractivity contribution in [1.82, 2.24) is 10.6 Å². The molecule has 45 heavy (non-hydrogen) atoms. The van der Waals surface area contributed by atoms with E-state index in [1.54, 1.807) is 0 Å². The molecule has 2 amide bonds. The van der Waals surface area contributed by atoms with E-state index in [0.29, 0.717) is 49.9 Å². The van der Waals surface area contributed by atoms with Crippen molar-refractivity contribution in [3.05, 3.63) is 47.6 Å². The minimum absolute atomic E-state index is 0.0753. The van der Waals surface area contributed by atoms with E-state index >= 15 is 0 Å². The van der Waals surface area contributed by atoms with Crippen LogP contribution in [0.2, 0.25) is 0 Å². The normalized spacial score (nSPS) is 39.7. The molecule has 2 aliphatic carbocycles. The Labute approximate surface area is 265 Å². The molecule has 0 bridgehead atoms. The molecule has 6 rings (SSSR count). The predicted octanol–water partition coefficient (Wildman–Crippen LogP) is 3.90. The van der Waals surface area contributed by atoms with Gasteiger partial charge in [0, 0.05) is 47.2 Å². The summed E-state index contributed by atoms with van der Waals surface area (Å²) in [6.45, 7) is 13.1. The van der Waals surface area contributed by atoms with Crippen molar-refractivity contribution in [2.24, 2.45) is 11.8 Å². The summed E-state index contributed by atoms with van der Waals surface area (Å²) in [5.74, 6) is -1.14. The second kappa shape index (κ2) is 12.5. The second-order valence-corrected chi connectivity index (χ2v) is 13.9. The fourth-order valence-electron chi connectivity index (χ4n) is 7.59. The number of carbonyl (C=O) groups is 4. The molecule has 10 nitrogen and oxygen atoms in total. The molecule has 4 saturated heterocycles. The molecule has 0 saturated carbocycles. The number of amides is 2. The van der Waals surface area contributed by atoms with Gasteiger partial charge in [-0.3, -0.25) is 9.59 Å². The fourth-order valence-corrected chi connectivity index (χ4v) is 7.59. The largest absolute Gasteiger partial charge is 0.455 e. The fraction of sp³-hybridized carbons (Fsp3) is 0.657. The minimum atomic E-state index is -0.359. The van der Waals surface area contributed by atoms with Crippen LogP contribution in [0.3, 0.4) is 0 Å². The molecule has 0 aromatic heterocycles. The lowest BCUT2D eigenvalue weighted by Crippen LogP contribution is -2.31. The zero-order valence-corrected chi connectivity index (χ0v) is 26.5. The van der Waals surface area contributed by atoms with E-state index in [0.717, 1.165) is 56.1 Å². The van der Waals surface area contributed by atoms with Gasteiger partial charge in [0.05, 0.1) is 11.2 Å². The molecule has 0 aromatic rings. The smallest absolute Gasteiger partial charge is 0.334 e. The molecule has 2 N–H and O–H groups in total. The topological polar surface area (TPSA) is 136 Å². The zero-order valence-electron chi connectivity index (χ0n) is 26.5. The molecule has 244 valence electrons. The van der Waals surface area contributed by atoms with Crippen molar-refractivity contribution >= 4 is 23.8 Å². The lowest BCUT2D eigenvalue weighted by Gasteiger charge is -2.20. The molecule has 6 aliphatic rings. The summed E-state index contributed by atoms with van der Waals surface area (Å²) in [5, 5.41) is 6.10. The van der Waals surface area contributed by atoms with E-state index < -0.39 is 0 Å². The first kappa shape index (κ1) is 31.7. The molecule has 0 spiro atoms. The predicted molar refractivity (Wildman–Crippen MR) is 165 cm³/mol. The molecular formula is C35H46N2O8. The van der Waals surface area contributed by atoms with Crippen LogP contribution in [-0.2, 0) is 38.1 Å². The van der Waals surface area contributed by atoms with Gasteiger partial charge in [-0.05, 0) is 84.5 Å². The average Bonchev–Trinajstić information content (AvgIpc) is 3.82. The highest BCUT2D eigenvalue weighted by Gasteiger charge is 2.62. The third-order valence-electron chi connectivity index (χ3n) is 10.7. The highest BCUT2D eigenvalue weighted by atomic mass is 16.7. The Morgan fingerprint density at radius 1 is 0.756 bits per heavy atom. The number of allylic oxidation sites excluding steroid dienone is 2. The first-order valence-corrected chi connectivity index (χ1v) is 16.6. The molecule has 4 fully saturated rings. The molecule has 4 heterocycles. The lowest BCUT2D eigenvalue weighted by atomic mass is 9.83. The van der Waals surface area contributed by atoms with Crippen molar-refractivity contribution in [2.75, 3.05) is 13.1 Å². The number of unbranched alkanes of at least 4 members (excludes halogenated alkanes) is 2. The highest BCUT2D eigenvalue weighted by Crippen LogP contribution is 2.51. The molecule has 8 atom stereocenters. The van der Waals surface area contributed by atoms with Crippen molar-refractivity contribution in [2.45, 2.75) is 120 Å². The molecule has 0 radical (unpaired) electrons. The maximum absolute atomic E-state index is 13.0. The van der Waals surface area contributed by atoms with Gasteiger partial charge in [0.25, 0.3) is 0 Å². The Bertz CT molecular complexity index is 1250. The Kier molecular flexibility index (Phi) is 8.82. The van der Waals surface area contributed by atoms with Gasteiger partial charge in [-0.2, -0.15) is 0 Å². The van der Waals surface area contributed by atoms with Crippen LogP contribution in [0.5, 0.6) is 0 Å². The van der Waals surface area contributed by atoms with E-state index in [4.69, 9.17) is 18.9 Å². The number of epoxide rings is 2. The summed E-state index contributed by atoms with van der Waals surface area (Å²) in [6.07, 6.45) is 11.0. The number of ether oxygens (including phenoxy) is 4. The number of hydrogen-bond donors (Lipinski definition) is 2. The molecule has 10 heteroatoms. The zero-order chi connectivity index (χ0) is 31.9. The number of carbonyl (C=O) groups excluding carboxylic acids is 4. The van der Waals surface area contributed by atoms with Crippen LogP contribution in [-0.4, -0.2) is 72.5 Å². The van der Waals surface area contributed by atoms with Gasteiger partial charge in [0.1, 0.15) is 24.4 Å². The third-order valence-corrected chi connectivity index (χ3v) is 10.7. The standard InChI is InChI=1S/C35H46N2O8/c1-20-24-14-12-22(10-8-16-34(3)28(44-34)26(24)42-32(20)40)30(38)36-18-6-5-7-19-37-31(39)23-11-9-17-35(4)29(45-35)27-25(15-13-23)21(2)33(41)43-27/h10-11,24-29H,1-2,5-9,12-19H2,3-4H3,(H,36,38)(H,37,39)/b22-10+,23-11+/t24-,25-,26-,27-,28-,29-,34+,35+/m0/s1. The van der Waals surface area contributed by atoms with Crippen LogP contribution in [0.25, 0.3) is 0 Å². The first-order chi connectivity index (χ1) is 21.5. The lowest BCUT2D eigenvalue weighted by molar-refractivity contribution is -0.140. The van der Waals surface area contributed by atoms with Crippen LogP contribution in [0, 0.1) is 11.8 Å². The molecule has 0 aromatic carbocycles. The summed E-state index contributed by atoms with van der Waals surface area (Å²) in [5.41, 5.74) is 1.75. The van der Waals surface area contributed by atoms with Crippen molar-refractivity contribution in [3.63, 3.8) is 0 Å². The van der Waals surface area contributed by atoms with Gasteiger partial charge in [-0.15, -0.1) is 0 Å². The number of fused-ring (bicyclic) bond motifs is 6. The summed E-state index contributed by atoms with van der Waals surface area (Å²) in [6, 6.07) is 0. The maximum Gasteiger partial charge on any atom is 0.334 e. The number of nitrogens with one attached hydrogen (secondary N) is 2. The number of rotatable bonds is 8. The average molecular weight is 623 g/mol. The van der Waals surface area contributed by atoms with Gasteiger partial charge in [-0.1, -0.05) is 25.3 Å².